The van der Waals surface area contributed by atoms with Crippen molar-refractivity contribution in [2.24, 2.45) is 0 Å². The van der Waals surface area contributed by atoms with Gasteiger partial charge >= 0.3 is 0 Å². The summed E-state index contributed by atoms with van der Waals surface area (Å²) in [4.78, 5) is 13.1. The van der Waals surface area contributed by atoms with Crippen molar-refractivity contribution in [3.63, 3.8) is 0 Å². The van der Waals surface area contributed by atoms with Gasteiger partial charge in [0, 0.05) is 27.7 Å². The summed E-state index contributed by atoms with van der Waals surface area (Å²) < 4.78 is 0. The van der Waals surface area contributed by atoms with Gasteiger partial charge in [0.15, 0.2) is 5.78 Å². The summed E-state index contributed by atoms with van der Waals surface area (Å²) >= 11 is 7.50. The Bertz CT molecular complexity index is 546. The predicted molar refractivity (Wildman–Crippen MR) is 82.3 cm³/mol. The Hall–Kier alpha value is -1.25. The van der Waals surface area contributed by atoms with Gasteiger partial charge in [-0.25, -0.2) is 0 Å². The smallest absolute Gasteiger partial charge is 0.163 e. The van der Waals surface area contributed by atoms with Crippen molar-refractivity contribution < 1.29 is 4.79 Å². The fourth-order valence-corrected chi connectivity index (χ4v) is 2.65. The molecule has 0 aliphatic heterocycles. The Morgan fingerprint density at radius 1 is 1.05 bits per heavy atom. The number of carbonyl (C=O) groups is 1. The monoisotopic (exact) mass is 290 g/mol. The molecule has 0 spiro atoms. The first-order valence-electron chi connectivity index (χ1n) is 6.13. The third kappa shape index (κ3) is 4.41. The molecule has 0 unspecified atom stereocenters. The van der Waals surface area contributed by atoms with Crippen molar-refractivity contribution in [2.45, 2.75) is 18.2 Å². The van der Waals surface area contributed by atoms with E-state index >= 15 is 0 Å². The van der Waals surface area contributed by atoms with Gasteiger partial charge in [-0.1, -0.05) is 41.4 Å². The summed E-state index contributed by atoms with van der Waals surface area (Å²) in [5.74, 6) is 0.982. The van der Waals surface area contributed by atoms with E-state index < -0.39 is 0 Å². The minimum Gasteiger partial charge on any atom is -0.294 e. The number of aryl methyl sites for hydroxylation is 1. The number of carbonyl (C=O) groups excluding carboxylic acids is 1. The van der Waals surface area contributed by atoms with Crippen molar-refractivity contribution in [3.8, 4) is 0 Å². The van der Waals surface area contributed by atoms with E-state index in [1.807, 2.05) is 55.5 Å². The highest BCUT2D eigenvalue weighted by molar-refractivity contribution is 7.99. The van der Waals surface area contributed by atoms with E-state index in [4.69, 9.17) is 11.6 Å². The summed E-state index contributed by atoms with van der Waals surface area (Å²) in [6.07, 6.45) is 0.552. The summed E-state index contributed by atoms with van der Waals surface area (Å²) in [6.45, 7) is 2.02. The van der Waals surface area contributed by atoms with Crippen LogP contribution in [0.3, 0.4) is 0 Å². The molecule has 0 bridgehead atoms. The Kier molecular flexibility index (Phi) is 5.06. The molecule has 1 nitrogen and oxygen atoms in total. The molecular formula is C16H15ClOS. The largest absolute Gasteiger partial charge is 0.294 e. The van der Waals surface area contributed by atoms with Crippen LogP contribution in [0.5, 0.6) is 0 Å². The van der Waals surface area contributed by atoms with E-state index in [0.717, 1.165) is 21.2 Å². The van der Waals surface area contributed by atoms with E-state index in [1.165, 1.54) is 5.56 Å². The van der Waals surface area contributed by atoms with Crippen LogP contribution in [0.25, 0.3) is 0 Å². The molecule has 2 rings (SSSR count). The fraction of sp³-hybridized carbons (Fsp3) is 0.188. The van der Waals surface area contributed by atoms with Gasteiger partial charge in [0.2, 0.25) is 0 Å². The zero-order valence-electron chi connectivity index (χ0n) is 10.7. The molecule has 3 heteroatoms. The molecule has 2 aromatic rings. The number of benzene rings is 2. The van der Waals surface area contributed by atoms with Crippen LogP contribution >= 0.6 is 23.4 Å². The van der Waals surface area contributed by atoms with Gasteiger partial charge in [0.1, 0.15) is 0 Å². The maximum Gasteiger partial charge on any atom is 0.163 e. The van der Waals surface area contributed by atoms with E-state index in [1.54, 1.807) is 11.8 Å². The molecule has 0 heterocycles. The molecule has 0 saturated heterocycles. The Morgan fingerprint density at radius 3 is 2.32 bits per heavy atom. The first-order valence-corrected chi connectivity index (χ1v) is 7.50. The second-order valence-corrected chi connectivity index (χ2v) is 5.95. The van der Waals surface area contributed by atoms with Crippen LogP contribution in [-0.4, -0.2) is 11.5 Å². The van der Waals surface area contributed by atoms with Gasteiger partial charge < -0.3 is 0 Å². The van der Waals surface area contributed by atoms with E-state index in [9.17, 15) is 4.79 Å². The van der Waals surface area contributed by atoms with Gasteiger partial charge in [-0.15, -0.1) is 11.8 Å². The second-order valence-electron chi connectivity index (χ2n) is 4.34. The molecule has 0 saturated carbocycles. The van der Waals surface area contributed by atoms with Gasteiger partial charge in [0.25, 0.3) is 0 Å². The molecule has 0 N–H and O–H groups in total. The molecule has 0 aliphatic rings. The van der Waals surface area contributed by atoms with Crippen LogP contribution in [0, 0.1) is 6.92 Å². The molecular weight excluding hydrogens is 276 g/mol. The van der Waals surface area contributed by atoms with Crippen molar-refractivity contribution >= 4 is 29.1 Å². The van der Waals surface area contributed by atoms with Gasteiger partial charge in [-0.2, -0.15) is 0 Å². The van der Waals surface area contributed by atoms with E-state index in [-0.39, 0.29) is 5.78 Å². The Morgan fingerprint density at radius 2 is 1.68 bits per heavy atom. The summed E-state index contributed by atoms with van der Waals surface area (Å²) in [6, 6.07) is 15.4. The SMILES string of the molecule is Cc1ccc(C(=O)CCSc2ccc(Cl)cc2)cc1. The molecule has 0 amide bonds. The van der Waals surface area contributed by atoms with E-state index in [2.05, 4.69) is 0 Å². The standard InChI is InChI=1S/C16H15ClOS/c1-12-2-4-13(5-3-12)16(18)10-11-19-15-8-6-14(17)7-9-15/h2-9H,10-11H2,1H3. The molecule has 2 aromatic carbocycles. The van der Waals surface area contributed by atoms with Crippen LogP contribution in [-0.2, 0) is 0 Å². The summed E-state index contributed by atoms with van der Waals surface area (Å²) in [5.41, 5.74) is 1.97. The molecule has 0 atom stereocenters. The van der Waals surface area contributed by atoms with Crippen molar-refractivity contribution in [2.75, 3.05) is 5.75 Å². The molecule has 0 radical (unpaired) electrons. The molecule has 98 valence electrons. The van der Waals surface area contributed by atoms with Gasteiger partial charge in [-0.05, 0) is 31.2 Å². The number of hydrogen-bond donors (Lipinski definition) is 0. The molecule has 0 fully saturated rings. The van der Waals surface area contributed by atoms with Crippen LogP contribution in [0.2, 0.25) is 5.02 Å². The lowest BCUT2D eigenvalue weighted by Gasteiger charge is -2.03. The molecule has 19 heavy (non-hydrogen) atoms. The van der Waals surface area contributed by atoms with Crippen LogP contribution < -0.4 is 0 Å². The highest BCUT2D eigenvalue weighted by Crippen LogP contribution is 2.21. The first-order chi connectivity index (χ1) is 9.15. The lowest BCUT2D eigenvalue weighted by molar-refractivity contribution is 0.0989. The predicted octanol–water partition coefficient (Wildman–Crippen LogP) is 5.01. The quantitative estimate of drug-likeness (QED) is 0.568. The maximum absolute atomic E-state index is 12.0. The second kappa shape index (κ2) is 6.78. The number of halogens is 1. The van der Waals surface area contributed by atoms with Crippen molar-refractivity contribution in [1.29, 1.82) is 0 Å². The number of ketones is 1. The van der Waals surface area contributed by atoms with Crippen LogP contribution in [0.15, 0.2) is 53.4 Å². The number of thioether (sulfide) groups is 1. The molecule has 0 aliphatic carbocycles. The first kappa shape index (κ1) is 14.2. The van der Waals surface area contributed by atoms with Crippen molar-refractivity contribution in [1.82, 2.24) is 0 Å². The highest BCUT2D eigenvalue weighted by atomic mass is 35.5. The average Bonchev–Trinajstić information content (AvgIpc) is 2.41. The number of rotatable bonds is 5. The Balaban J connectivity index is 1.84. The minimum absolute atomic E-state index is 0.196. The van der Waals surface area contributed by atoms with Gasteiger partial charge in [-0.3, -0.25) is 4.79 Å². The number of hydrogen-bond acceptors (Lipinski definition) is 2. The average molecular weight is 291 g/mol. The van der Waals surface area contributed by atoms with Crippen LogP contribution in [0.4, 0.5) is 0 Å². The fourth-order valence-electron chi connectivity index (χ4n) is 1.68. The lowest BCUT2D eigenvalue weighted by Crippen LogP contribution is -2.00. The third-order valence-corrected chi connectivity index (χ3v) is 4.05. The maximum atomic E-state index is 12.0. The summed E-state index contributed by atoms with van der Waals surface area (Å²) in [5, 5.41) is 0.736. The highest BCUT2D eigenvalue weighted by Gasteiger charge is 2.05. The third-order valence-electron chi connectivity index (χ3n) is 2.79. The normalized spacial score (nSPS) is 10.4. The lowest BCUT2D eigenvalue weighted by atomic mass is 10.1. The summed E-state index contributed by atoms with van der Waals surface area (Å²) in [7, 11) is 0. The van der Waals surface area contributed by atoms with Crippen molar-refractivity contribution in [3.05, 3.63) is 64.7 Å². The molecule has 0 aromatic heterocycles. The van der Waals surface area contributed by atoms with Crippen LogP contribution in [0.1, 0.15) is 22.3 Å². The Labute approximate surface area is 123 Å². The zero-order valence-corrected chi connectivity index (χ0v) is 12.3. The minimum atomic E-state index is 0.196. The zero-order chi connectivity index (χ0) is 13.7. The van der Waals surface area contributed by atoms with Gasteiger partial charge in [0.05, 0.1) is 0 Å². The number of Topliss-reactive ketones (excluding diaryl/α,β-unsaturated/α-hetero) is 1. The van der Waals surface area contributed by atoms with E-state index in [0.29, 0.717) is 6.42 Å². The topological polar surface area (TPSA) is 17.1 Å².